The van der Waals surface area contributed by atoms with Crippen molar-refractivity contribution < 1.29 is 33.3 Å². The molecule has 0 saturated heterocycles. The van der Waals surface area contributed by atoms with Gasteiger partial charge in [-0.15, -0.1) is 0 Å². The van der Waals surface area contributed by atoms with Gasteiger partial charge in [0.25, 0.3) is 11.8 Å². The van der Waals surface area contributed by atoms with E-state index in [2.05, 4.69) is 10.9 Å². The number of ether oxygens (including phenoxy) is 4. The lowest BCUT2D eigenvalue weighted by Gasteiger charge is -2.11. The molecular weight excluding hydrogens is 392 g/mol. The van der Waals surface area contributed by atoms with Gasteiger partial charge in [-0.05, 0) is 42.3 Å². The Morgan fingerprint density at radius 1 is 0.867 bits per heavy atom. The molecule has 0 aliphatic heterocycles. The van der Waals surface area contributed by atoms with Crippen molar-refractivity contribution in [2.45, 2.75) is 13.3 Å². The topological polar surface area (TPSA) is 112 Å². The number of carbonyl (C=O) groups excluding carboxylic acids is 3. The van der Waals surface area contributed by atoms with Gasteiger partial charge in [0.05, 0.1) is 14.2 Å². The van der Waals surface area contributed by atoms with Crippen LogP contribution in [0.3, 0.4) is 0 Å². The number of hydrogen-bond donors (Lipinski definition) is 2. The van der Waals surface area contributed by atoms with Crippen LogP contribution in [0.25, 0.3) is 0 Å². The molecule has 2 N–H and O–H groups in total. The molecule has 0 aromatic heterocycles. The number of rotatable bonds is 9. The number of nitrogens with one attached hydrogen (secondary N) is 2. The highest BCUT2D eigenvalue weighted by atomic mass is 16.6. The third-order valence-electron chi connectivity index (χ3n) is 4.01. The Morgan fingerprint density at radius 3 is 2.20 bits per heavy atom. The molecule has 2 aromatic rings. The predicted molar refractivity (Wildman–Crippen MR) is 107 cm³/mol. The summed E-state index contributed by atoms with van der Waals surface area (Å²) < 4.78 is 20.3. The molecule has 0 radical (unpaired) electrons. The molecule has 0 bridgehead atoms. The zero-order chi connectivity index (χ0) is 21.9. The highest BCUT2D eigenvalue weighted by Gasteiger charge is 2.13. The molecule has 0 spiro atoms. The molecule has 160 valence electrons. The molecule has 0 heterocycles. The van der Waals surface area contributed by atoms with Crippen LogP contribution in [0.5, 0.6) is 17.2 Å². The Balaban J connectivity index is 1.72. The number of amides is 2. The standard InChI is InChI=1S/C21H24N2O7/c1-4-14-5-8-16(9-6-14)29-13-20(25)30-12-19(24)22-23-21(26)15-7-10-17(27-2)18(11-15)28-3/h5-11H,4,12-13H2,1-3H3,(H,22,24)(H,23,26). The van der Waals surface area contributed by atoms with Gasteiger partial charge < -0.3 is 18.9 Å². The third-order valence-corrected chi connectivity index (χ3v) is 4.01. The summed E-state index contributed by atoms with van der Waals surface area (Å²) >= 11 is 0. The van der Waals surface area contributed by atoms with Crippen molar-refractivity contribution in [2.24, 2.45) is 0 Å². The summed E-state index contributed by atoms with van der Waals surface area (Å²) in [7, 11) is 2.92. The monoisotopic (exact) mass is 416 g/mol. The number of esters is 1. The highest BCUT2D eigenvalue weighted by Crippen LogP contribution is 2.27. The van der Waals surface area contributed by atoms with Crippen molar-refractivity contribution in [3.8, 4) is 17.2 Å². The molecule has 9 nitrogen and oxygen atoms in total. The SMILES string of the molecule is CCc1ccc(OCC(=O)OCC(=O)NNC(=O)c2ccc(OC)c(OC)c2)cc1. The number of carbonyl (C=O) groups is 3. The van der Waals surface area contributed by atoms with Gasteiger partial charge in [0.15, 0.2) is 24.7 Å². The largest absolute Gasteiger partial charge is 0.493 e. The smallest absolute Gasteiger partial charge is 0.344 e. The first-order chi connectivity index (χ1) is 14.5. The Hall–Kier alpha value is -3.75. The maximum Gasteiger partial charge on any atom is 0.344 e. The van der Waals surface area contributed by atoms with E-state index in [1.54, 1.807) is 18.2 Å². The first-order valence-corrected chi connectivity index (χ1v) is 9.15. The summed E-state index contributed by atoms with van der Waals surface area (Å²) in [6, 6.07) is 11.8. The van der Waals surface area contributed by atoms with Gasteiger partial charge in [-0.25, -0.2) is 4.79 Å². The normalized spacial score (nSPS) is 9.97. The van der Waals surface area contributed by atoms with E-state index < -0.39 is 24.4 Å². The van der Waals surface area contributed by atoms with Crippen molar-refractivity contribution in [3.05, 3.63) is 53.6 Å². The summed E-state index contributed by atoms with van der Waals surface area (Å²) in [5.41, 5.74) is 5.78. The van der Waals surface area contributed by atoms with Crippen LogP contribution in [-0.2, 0) is 20.7 Å². The van der Waals surface area contributed by atoms with Gasteiger partial charge >= 0.3 is 5.97 Å². The van der Waals surface area contributed by atoms with E-state index in [9.17, 15) is 14.4 Å². The van der Waals surface area contributed by atoms with E-state index >= 15 is 0 Å². The van der Waals surface area contributed by atoms with Crippen LogP contribution < -0.4 is 25.1 Å². The van der Waals surface area contributed by atoms with Crippen LogP contribution in [0, 0.1) is 0 Å². The number of methoxy groups -OCH3 is 2. The molecule has 0 aliphatic rings. The average Bonchev–Trinajstić information content (AvgIpc) is 2.79. The second-order valence-electron chi connectivity index (χ2n) is 6.02. The number of aryl methyl sites for hydroxylation is 1. The Bertz CT molecular complexity index is 881. The van der Waals surface area contributed by atoms with Gasteiger partial charge in [0, 0.05) is 5.56 Å². The molecular formula is C21H24N2O7. The summed E-state index contributed by atoms with van der Waals surface area (Å²) in [5, 5.41) is 0. The van der Waals surface area contributed by atoms with Crippen LogP contribution in [0.4, 0.5) is 0 Å². The van der Waals surface area contributed by atoms with Crippen LogP contribution >= 0.6 is 0 Å². The first kappa shape index (κ1) is 22.5. The minimum Gasteiger partial charge on any atom is -0.493 e. The fraction of sp³-hybridized carbons (Fsp3) is 0.286. The summed E-state index contributed by atoms with van der Waals surface area (Å²) in [5.74, 6) is -0.631. The average molecular weight is 416 g/mol. The molecule has 0 unspecified atom stereocenters. The Morgan fingerprint density at radius 2 is 1.57 bits per heavy atom. The summed E-state index contributed by atoms with van der Waals surface area (Å²) in [4.78, 5) is 35.6. The van der Waals surface area contributed by atoms with Crippen molar-refractivity contribution in [3.63, 3.8) is 0 Å². The first-order valence-electron chi connectivity index (χ1n) is 9.15. The Labute approximate surface area is 174 Å². The van der Waals surface area contributed by atoms with E-state index in [1.807, 2.05) is 19.1 Å². The quantitative estimate of drug-likeness (QED) is 0.472. The molecule has 0 aliphatic carbocycles. The van der Waals surface area contributed by atoms with E-state index in [4.69, 9.17) is 18.9 Å². The van der Waals surface area contributed by atoms with Gasteiger partial charge in [-0.1, -0.05) is 19.1 Å². The van der Waals surface area contributed by atoms with E-state index in [0.717, 1.165) is 12.0 Å². The third kappa shape index (κ3) is 6.69. The van der Waals surface area contributed by atoms with Crippen molar-refractivity contribution in [1.29, 1.82) is 0 Å². The highest BCUT2D eigenvalue weighted by molar-refractivity contribution is 5.96. The maximum absolute atomic E-state index is 12.1. The molecule has 9 heteroatoms. The Kier molecular flexibility index (Phi) is 8.49. The van der Waals surface area contributed by atoms with Gasteiger partial charge in [-0.2, -0.15) is 0 Å². The molecule has 2 amide bonds. The lowest BCUT2D eigenvalue weighted by molar-refractivity contribution is -0.150. The van der Waals surface area contributed by atoms with Crippen molar-refractivity contribution in [1.82, 2.24) is 10.9 Å². The lowest BCUT2D eigenvalue weighted by atomic mass is 10.2. The fourth-order valence-electron chi connectivity index (χ4n) is 2.36. The van der Waals surface area contributed by atoms with Gasteiger partial charge in [-0.3, -0.25) is 20.4 Å². The second-order valence-corrected chi connectivity index (χ2v) is 6.02. The molecule has 30 heavy (non-hydrogen) atoms. The predicted octanol–water partition coefficient (Wildman–Crippen LogP) is 1.65. The van der Waals surface area contributed by atoms with E-state index in [1.165, 1.54) is 26.4 Å². The summed E-state index contributed by atoms with van der Waals surface area (Å²) in [6.07, 6.45) is 0.903. The molecule has 2 rings (SSSR count). The second kappa shape index (κ2) is 11.3. The van der Waals surface area contributed by atoms with Crippen LogP contribution in [0.15, 0.2) is 42.5 Å². The lowest BCUT2D eigenvalue weighted by Crippen LogP contribution is -2.43. The van der Waals surface area contributed by atoms with Crippen molar-refractivity contribution >= 4 is 17.8 Å². The number of hydrazine groups is 1. The van der Waals surface area contributed by atoms with Crippen molar-refractivity contribution in [2.75, 3.05) is 27.4 Å². The van der Waals surface area contributed by atoms with Gasteiger partial charge in [0.1, 0.15) is 5.75 Å². The van der Waals surface area contributed by atoms with E-state index in [-0.39, 0.29) is 12.2 Å². The fourth-order valence-corrected chi connectivity index (χ4v) is 2.36. The molecule has 0 fully saturated rings. The van der Waals surface area contributed by atoms with E-state index in [0.29, 0.717) is 17.2 Å². The zero-order valence-electron chi connectivity index (χ0n) is 17.0. The minimum atomic E-state index is -0.712. The number of hydrogen-bond acceptors (Lipinski definition) is 7. The van der Waals surface area contributed by atoms with Crippen LogP contribution in [-0.4, -0.2) is 45.2 Å². The van der Waals surface area contributed by atoms with Crippen LogP contribution in [0.1, 0.15) is 22.8 Å². The maximum atomic E-state index is 12.1. The van der Waals surface area contributed by atoms with Gasteiger partial charge in [0.2, 0.25) is 0 Å². The zero-order valence-corrected chi connectivity index (χ0v) is 17.0. The summed E-state index contributed by atoms with van der Waals surface area (Å²) in [6.45, 7) is 1.13. The molecule has 2 aromatic carbocycles. The van der Waals surface area contributed by atoms with Crippen LogP contribution in [0.2, 0.25) is 0 Å². The molecule has 0 atom stereocenters. The number of benzene rings is 2. The minimum absolute atomic E-state index is 0.243. The molecule has 0 saturated carbocycles.